The molecular formula is C16H20N2O2. The molecule has 2 N–H and O–H groups in total. The van der Waals surface area contributed by atoms with Gasteiger partial charge in [-0.2, -0.15) is 0 Å². The molecule has 0 spiro atoms. The van der Waals surface area contributed by atoms with E-state index >= 15 is 0 Å². The largest absolute Gasteiger partial charge is 0.497 e. The first-order chi connectivity index (χ1) is 9.72. The number of methoxy groups -OCH3 is 1. The van der Waals surface area contributed by atoms with Gasteiger partial charge >= 0.3 is 0 Å². The Labute approximate surface area is 119 Å². The Hall–Kier alpha value is -2.07. The van der Waals surface area contributed by atoms with E-state index in [9.17, 15) is 0 Å². The van der Waals surface area contributed by atoms with Crippen LogP contribution in [0.15, 0.2) is 36.4 Å². The van der Waals surface area contributed by atoms with Crippen LogP contribution in [-0.4, -0.2) is 18.6 Å². The lowest BCUT2D eigenvalue weighted by Gasteiger charge is -2.12. The Balaban J connectivity index is 2.14. The number of hydrogen-bond donors (Lipinski definition) is 1. The van der Waals surface area contributed by atoms with Gasteiger partial charge in [-0.3, -0.25) is 4.98 Å². The fraction of sp³-hybridized carbons (Fsp3) is 0.312. The summed E-state index contributed by atoms with van der Waals surface area (Å²) in [5.41, 5.74) is 8.61. The van der Waals surface area contributed by atoms with Crippen LogP contribution in [-0.2, 0) is 13.0 Å². The lowest BCUT2D eigenvalue weighted by molar-refractivity contribution is 0.295. The first-order valence-electron chi connectivity index (χ1n) is 6.65. The van der Waals surface area contributed by atoms with E-state index in [-0.39, 0.29) is 0 Å². The monoisotopic (exact) mass is 272 g/mol. The predicted octanol–water partition coefficient (Wildman–Crippen LogP) is 2.48. The third-order valence-electron chi connectivity index (χ3n) is 3.01. The van der Waals surface area contributed by atoms with Crippen LogP contribution in [0, 0.1) is 6.92 Å². The number of nitrogens with two attached hydrogens (primary N) is 1. The van der Waals surface area contributed by atoms with Crippen LogP contribution in [0.2, 0.25) is 0 Å². The van der Waals surface area contributed by atoms with E-state index in [4.69, 9.17) is 15.2 Å². The van der Waals surface area contributed by atoms with Crippen molar-refractivity contribution >= 4 is 0 Å². The molecule has 2 rings (SSSR count). The van der Waals surface area contributed by atoms with Crippen molar-refractivity contribution in [1.82, 2.24) is 4.98 Å². The molecule has 106 valence electrons. The van der Waals surface area contributed by atoms with Gasteiger partial charge in [-0.05, 0) is 43.7 Å². The average molecular weight is 272 g/mol. The minimum absolute atomic E-state index is 0.437. The summed E-state index contributed by atoms with van der Waals surface area (Å²) in [4.78, 5) is 4.43. The van der Waals surface area contributed by atoms with Gasteiger partial charge in [0.15, 0.2) is 0 Å². The van der Waals surface area contributed by atoms with Crippen LogP contribution >= 0.6 is 0 Å². The van der Waals surface area contributed by atoms with E-state index < -0.39 is 0 Å². The molecule has 2 aromatic rings. The Kier molecular flexibility index (Phi) is 4.96. The topological polar surface area (TPSA) is 57.4 Å². The van der Waals surface area contributed by atoms with Crippen LogP contribution in [0.3, 0.4) is 0 Å². The molecule has 0 unspecified atom stereocenters. The van der Waals surface area contributed by atoms with E-state index in [0.29, 0.717) is 13.2 Å². The van der Waals surface area contributed by atoms with Crippen molar-refractivity contribution in [2.24, 2.45) is 5.73 Å². The Bertz CT molecular complexity index is 570. The fourth-order valence-electron chi connectivity index (χ4n) is 1.99. The number of ether oxygens (including phenoxy) is 2. The molecule has 0 amide bonds. The summed E-state index contributed by atoms with van der Waals surface area (Å²) in [7, 11) is 1.64. The van der Waals surface area contributed by atoms with Gasteiger partial charge in [0.1, 0.15) is 18.1 Å². The molecule has 4 nitrogen and oxygen atoms in total. The SMILES string of the molecule is COc1ccc(CCN)c(OCc2cccc(C)n2)c1. The summed E-state index contributed by atoms with van der Waals surface area (Å²) in [6.45, 7) is 2.99. The summed E-state index contributed by atoms with van der Waals surface area (Å²) in [5.74, 6) is 1.58. The quantitative estimate of drug-likeness (QED) is 0.877. The van der Waals surface area contributed by atoms with Gasteiger partial charge in [0, 0.05) is 11.8 Å². The maximum atomic E-state index is 5.88. The minimum atomic E-state index is 0.437. The highest BCUT2D eigenvalue weighted by Gasteiger charge is 2.06. The third kappa shape index (κ3) is 3.71. The highest BCUT2D eigenvalue weighted by Crippen LogP contribution is 2.25. The molecule has 0 aliphatic heterocycles. The van der Waals surface area contributed by atoms with Crippen molar-refractivity contribution < 1.29 is 9.47 Å². The van der Waals surface area contributed by atoms with E-state index in [0.717, 1.165) is 34.9 Å². The first kappa shape index (κ1) is 14.3. The number of aryl methyl sites for hydroxylation is 1. The zero-order valence-electron chi connectivity index (χ0n) is 11.9. The number of pyridine rings is 1. The van der Waals surface area contributed by atoms with Gasteiger partial charge < -0.3 is 15.2 Å². The molecule has 0 radical (unpaired) electrons. The van der Waals surface area contributed by atoms with Crippen molar-refractivity contribution in [3.63, 3.8) is 0 Å². The summed E-state index contributed by atoms with van der Waals surface area (Å²) < 4.78 is 11.1. The van der Waals surface area contributed by atoms with E-state index in [1.54, 1.807) is 7.11 Å². The molecule has 1 aromatic carbocycles. The summed E-state index contributed by atoms with van der Waals surface area (Å²) in [5, 5.41) is 0. The number of hydrogen-bond acceptors (Lipinski definition) is 4. The smallest absolute Gasteiger partial charge is 0.130 e. The highest BCUT2D eigenvalue weighted by atomic mass is 16.5. The van der Waals surface area contributed by atoms with Gasteiger partial charge in [0.25, 0.3) is 0 Å². The van der Waals surface area contributed by atoms with Crippen LogP contribution < -0.4 is 15.2 Å². The van der Waals surface area contributed by atoms with Gasteiger partial charge in [-0.25, -0.2) is 0 Å². The normalized spacial score (nSPS) is 10.3. The van der Waals surface area contributed by atoms with E-state index in [1.807, 2.05) is 43.3 Å². The van der Waals surface area contributed by atoms with E-state index in [2.05, 4.69) is 4.98 Å². The lowest BCUT2D eigenvalue weighted by atomic mass is 10.1. The molecule has 1 heterocycles. The second-order valence-electron chi connectivity index (χ2n) is 4.57. The van der Waals surface area contributed by atoms with Crippen LogP contribution in [0.5, 0.6) is 11.5 Å². The predicted molar refractivity (Wildman–Crippen MR) is 79.1 cm³/mol. The van der Waals surface area contributed by atoms with Gasteiger partial charge in [-0.15, -0.1) is 0 Å². The number of aromatic nitrogens is 1. The minimum Gasteiger partial charge on any atom is -0.497 e. The summed E-state index contributed by atoms with van der Waals surface area (Å²) in [6, 6.07) is 11.7. The molecule has 0 atom stereocenters. The average Bonchev–Trinajstić information content (AvgIpc) is 2.46. The maximum Gasteiger partial charge on any atom is 0.130 e. The molecule has 0 aliphatic carbocycles. The van der Waals surface area contributed by atoms with E-state index in [1.165, 1.54) is 0 Å². The maximum absolute atomic E-state index is 5.88. The standard InChI is InChI=1S/C16H20N2O2/c1-12-4-3-5-14(18-12)11-20-16-10-15(19-2)7-6-13(16)8-9-17/h3-7,10H,8-9,11,17H2,1-2H3. The van der Waals surface area contributed by atoms with Crippen molar-refractivity contribution in [3.05, 3.63) is 53.3 Å². The summed E-state index contributed by atoms with van der Waals surface area (Å²) >= 11 is 0. The fourth-order valence-corrected chi connectivity index (χ4v) is 1.99. The lowest BCUT2D eigenvalue weighted by Crippen LogP contribution is -2.06. The van der Waals surface area contributed by atoms with Gasteiger partial charge in [0.2, 0.25) is 0 Å². The van der Waals surface area contributed by atoms with Crippen molar-refractivity contribution in [1.29, 1.82) is 0 Å². The van der Waals surface area contributed by atoms with Crippen molar-refractivity contribution in [3.8, 4) is 11.5 Å². The van der Waals surface area contributed by atoms with Gasteiger partial charge in [-0.1, -0.05) is 12.1 Å². The van der Waals surface area contributed by atoms with Gasteiger partial charge in [0.05, 0.1) is 12.8 Å². The Morgan fingerprint density at radius 1 is 1.20 bits per heavy atom. The first-order valence-corrected chi connectivity index (χ1v) is 6.65. The second kappa shape index (κ2) is 6.91. The zero-order valence-corrected chi connectivity index (χ0v) is 11.9. The highest BCUT2D eigenvalue weighted by molar-refractivity contribution is 5.41. The molecule has 0 saturated carbocycles. The van der Waals surface area contributed by atoms with Crippen LogP contribution in [0.4, 0.5) is 0 Å². The molecule has 4 heteroatoms. The van der Waals surface area contributed by atoms with Crippen LogP contribution in [0.1, 0.15) is 17.0 Å². The molecule has 0 bridgehead atoms. The summed E-state index contributed by atoms with van der Waals surface area (Å²) in [6.07, 6.45) is 0.778. The number of rotatable bonds is 6. The Morgan fingerprint density at radius 2 is 2.05 bits per heavy atom. The number of benzene rings is 1. The molecule has 0 saturated heterocycles. The number of nitrogens with zero attached hydrogens (tertiary/aromatic N) is 1. The van der Waals surface area contributed by atoms with Crippen molar-refractivity contribution in [2.75, 3.05) is 13.7 Å². The van der Waals surface area contributed by atoms with Crippen LogP contribution in [0.25, 0.3) is 0 Å². The third-order valence-corrected chi connectivity index (χ3v) is 3.01. The molecular weight excluding hydrogens is 252 g/mol. The Morgan fingerprint density at radius 3 is 2.75 bits per heavy atom. The van der Waals surface area contributed by atoms with Crippen molar-refractivity contribution in [2.45, 2.75) is 20.0 Å². The molecule has 0 aliphatic rings. The molecule has 1 aromatic heterocycles. The zero-order chi connectivity index (χ0) is 14.4. The molecule has 0 fully saturated rings. The second-order valence-corrected chi connectivity index (χ2v) is 4.57. The molecule has 20 heavy (non-hydrogen) atoms.